The lowest BCUT2D eigenvalue weighted by Gasteiger charge is -2.15. The van der Waals surface area contributed by atoms with Crippen LogP contribution in [0.15, 0.2) is 24.3 Å². The molecular formula is C18H27F2IO3. The molecule has 1 aliphatic rings. The number of halogens is 3. The summed E-state index contributed by atoms with van der Waals surface area (Å²) < 4.78 is 34.6. The lowest BCUT2D eigenvalue weighted by Crippen LogP contribution is -2.19. The maximum atomic E-state index is 11.9. The van der Waals surface area contributed by atoms with Crippen LogP contribution in [0.5, 0.6) is 0 Å². The molecule has 0 amide bonds. The van der Waals surface area contributed by atoms with Gasteiger partial charge in [-0.25, -0.2) is 8.78 Å². The van der Waals surface area contributed by atoms with Crippen molar-refractivity contribution in [3.8, 4) is 0 Å². The first kappa shape index (κ1) is 23.2. The fourth-order valence-corrected chi connectivity index (χ4v) is 2.09. The monoisotopic (exact) mass is 456 g/mol. The van der Waals surface area contributed by atoms with E-state index in [2.05, 4.69) is 36.4 Å². The Bertz CT molecular complexity index is 476. The quantitative estimate of drug-likeness (QED) is 0.364. The van der Waals surface area contributed by atoms with E-state index in [-0.39, 0.29) is 17.5 Å². The van der Waals surface area contributed by atoms with Gasteiger partial charge >= 0.3 is 5.97 Å². The molecule has 24 heavy (non-hydrogen) atoms. The van der Waals surface area contributed by atoms with Crippen LogP contribution in [0.3, 0.4) is 0 Å². The zero-order valence-electron chi connectivity index (χ0n) is 14.9. The van der Waals surface area contributed by atoms with Gasteiger partial charge in [-0.15, -0.1) is 0 Å². The maximum absolute atomic E-state index is 11.9. The van der Waals surface area contributed by atoms with Crippen LogP contribution in [0.25, 0.3) is 0 Å². The van der Waals surface area contributed by atoms with Gasteiger partial charge < -0.3 is 9.47 Å². The van der Waals surface area contributed by atoms with E-state index in [0.29, 0.717) is 19.1 Å². The van der Waals surface area contributed by atoms with Crippen LogP contribution < -0.4 is 0 Å². The van der Waals surface area contributed by atoms with Crippen molar-refractivity contribution in [2.24, 2.45) is 11.8 Å². The minimum atomic E-state index is -0.537. The topological polar surface area (TPSA) is 35.5 Å². The van der Waals surface area contributed by atoms with Gasteiger partial charge in [-0.2, -0.15) is 0 Å². The Hall–Kier alpha value is -0.760. The third-order valence-corrected chi connectivity index (χ3v) is 3.21. The number of benzene rings is 1. The summed E-state index contributed by atoms with van der Waals surface area (Å²) >= 11 is 2.15. The lowest BCUT2D eigenvalue weighted by molar-refractivity contribution is -0.148. The molecule has 1 aromatic rings. The zero-order valence-corrected chi connectivity index (χ0v) is 17.1. The van der Waals surface area contributed by atoms with Crippen molar-refractivity contribution in [1.29, 1.82) is 0 Å². The number of esters is 1. The van der Waals surface area contributed by atoms with E-state index in [1.807, 2.05) is 18.8 Å². The lowest BCUT2D eigenvalue weighted by atomic mass is 9.99. The Morgan fingerprint density at radius 2 is 1.88 bits per heavy atom. The average Bonchev–Trinajstić information content (AvgIpc) is 2.86. The van der Waals surface area contributed by atoms with Gasteiger partial charge in [-0.1, -0.05) is 42.5 Å². The van der Waals surface area contributed by atoms with Gasteiger partial charge in [0.05, 0.1) is 24.7 Å². The molecular weight excluding hydrogens is 429 g/mol. The molecule has 1 aromatic carbocycles. The van der Waals surface area contributed by atoms with E-state index in [9.17, 15) is 13.6 Å². The number of alkyl halides is 1. The first-order valence-electron chi connectivity index (χ1n) is 7.79. The summed E-state index contributed by atoms with van der Waals surface area (Å²) in [4.78, 5) is 13.2. The van der Waals surface area contributed by atoms with Crippen LogP contribution in [0.4, 0.5) is 8.78 Å². The summed E-state index contributed by atoms with van der Waals surface area (Å²) in [5, 5.41) is 0. The van der Waals surface area contributed by atoms with Gasteiger partial charge in [0.2, 0.25) is 0 Å². The fourth-order valence-electron chi connectivity index (χ4n) is 2.09. The van der Waals surface area contributed by atoms with Crippen molar-refractivity contribution in [1.82, 2.24) is 0 Å². The molecule has 1 aliphatic heterocycles. The Morgan fingerprint density at radius 3 is 2.21 bits per heavy atom. The molecule has 0 bridgehead atoms. The Kier molecular flexibility index (Phi) is 11.4. The molecule has 138 valence electrons. The number of hydrogen-bond acceptors (Lipinski definition) is 3. The molecule has 1 heterocycles. The van der Waals surface area contributed by atoms with Crippen LogP contribution in [-0.4, -0.2) is 29.7 Å². The van der Waals surface area contributed by atoms with Crippen LogP contribution in [0, 0.1) is 23.5 Å². The number of hydrogen-bond donors (Lipinski definition) is 0. The second kappa shape index (κ2) is 11.7. The maximum Gasteiger partial charge on any atom is 0.308 e. The highest BCUT2D eigenvalue weighted by Gasteiger charge is 2.32. The Labute approximate surface area is 157 Å². The minimum Gasteiger partial charge on any atom is -0.465 e. The smallest absolute Gasteiger partial charge is 0.308 e. The number of carbonyl (C=O) groups is 1. The molecule has 1 atom stereocenters. The second-order valence-corrected chi connectivity index (χ2v) is 6.37. The van der Waals surface area contributed by atoms with Gasteiger partial charge in [0.1, 0.15) is 11.6 Å². The average molecular weight is 456 g/mol. The molecule has 0 aromatic heterocycles. The first-order valence-corrected chi connectivity index (χ1v) is 9.95. The molecule has 3 nitrogen and oxygen atoms in total. The summed E-state index contributed by atoms with van der Waals surface area (Å²) in [5.74, 6) is -0.859. The second-order valence-electron chi connectivity index (χ2n) is 6.37. The van der Waals surface area contributed by atoms with E-state index in [1.165, 1.54) is 18.2 Å². The number of ether oxygens (including phenoxy) is 2. The summed E-state index contributed by atoms with van der Waals surface area (Å²) in [6, 6.07) is 4.55. The molecule has 0 saturated carbocycles. The molecule has 0 aliphatic carbocycles. The van der Waals surface area contributed by atoms with Gasteiger partial charge in [0, 0.05) is 12.0 Å². The van der Waals surface area contributed by atoms with Gasteiger partial charge in [0.25, 0.3) is 0 Å². The largest absolute Gasteiger partial charge is 0.465 e. The highest BCUT2D eigenvalue weighted by Crippen LogP contribution is 2.29. The summed E-state index contributed by atoms with van der Waals surface area (Å²) in [6.45, 7) is 9.03. The first-order chi connectivity index (χ1) is 11.2. The molecule has 1 fully saturated rings. The molecule has 6 heteroatoms. The van der Waals surface area contributed by atoms with Crippen LogP contribution in [-0.2, 0) is 14.3 Å². The van der Waals surface area contributed by atoms with Crippen molar-refractivity contribution in [2.45, 2.75) is 39.7 Å². The minimum absolute atomic E-state index is 0.0367. The zero-order chi connectivity index (χ0) is 18.8. The Morgan fingerprint density at radius 1 is 1.33 bits per heavy atom. The standard InChI is InChI=1S/C11H20O3.C6H4F2.CH3I/c1-8(2)10(12)13-6-9-5-11(3,4)14-7-9;7-5-2-1-3-6(8)4-5;1-2/h8-9H,5-7H2,1-4H3;1-4H;1H3/t9-;;/m1../s1. The summed E-state index contributed by atoms with van der Waals surface area (Å²) in [5.41, 5.74) is -0.0467. The van der Waals surface area contributed by atoms with E-state index in [1.54, 1.807) is 0 Å². The van der Waals surface area contributed by atoms with E-state index < -0.39 is 11.6 Å². The van der Waals surface area contributed by atoms with E-state index >= 15 is 0 Å². The van der Waals surface area contributed by atoms with Gasteiger partial charge in [-0.3, -0.25) is 4.79 Å². The Balaban J connectivity index is 0.000000447. The highest BCUT2D eigenvalue weighted by atomic mass is 127. The SMILES string of the molecule is CC(C)C(=O)OC[C@@H]1COC(C)(C)C1.CI.Fc1cccc(F)c1. The predicted octanol–water partition coefficient (Wildman–Crippen LogP) is 5.02. The molecule has 0 radical (unpaired) electrons. The van der Waals surface area contributed by atoms with Gasteiger partial charge in [0.15, 0.2) is 0 Å². The third kappa shape index (κ3) is 10.2. The van der Waals surface area contributed by atoms with Crippen LogP contribution >= 0.6 is 22.6 Å². The highest BCUT2D eigenvalue weighted by molar-refractivity contribution is 14.1. The molecule has 0 N–H and O–H groups in total. The normalized spacial score (nSPS) is 18.1. The van der Waals surface area contributed by atoms with Crippen molar-refractivity contribution in [3.63, 3.8) is 0 Å². The van der Waals surface area contributed by atoms with Crippen LogP contribution in [0.1, 0.15) is 34.1 Å². The van der Waals surface area contributed by atoms with E-state index in [4.69, 9.17) is 9.47 Å². The van der Waals surface area contributed by atoms with Crippen molar-refractivity contribution >= 4 is 28.6 Å². The van der Waals surface area contributed by atoms with Crippen molar-refractivity contribution in [2.75, 3.05) is 18.1 Å². The fraction of sp³-hybridized carbons (Fsp3) is 0.611. The van der Waals surface area contributed by atoms with Crippen molar-refractivity contribution < 1.29 is 23.0 Å². The summed E-state index contributed by atoms with van der Waals surface area (Å²) in [6.07, 6.45) is 0.971. The van der Waals surface area contributed by atoms with E-state index in [0.717, 1.165) is 12.5 Å². The van der Waals surface area contributed by atoms with Crippen molar-refractivity contribution in [3.05, 3.63) is 35.9 Å². The number of carbonyl (C=O) groups excluding carboxylic acids is 1. The number of rotatable bonds is 3. The molecule has 0 spiro atoms. The predicted molar refractivity (Wildman–Crippen MR) is 100 cm³/mol. The molecule has 2 rings (SSSR count). The molecule has 1 saturated heterocycles. The molecule has 0 unspecified atom stereocenters. The van der Waals surface area contributed by atoms with Crippen LogP contribution in [0.2, 0.25) is 0 Å². The third-order valence-electron chi connectivity index (χ3n) is 3.21. The van der Waals surface area contributed by atoms with Gasteiger partial charge in [-0.05, 0) is 37.3 Å². The summed E-state index contributed by atoms with van der Waals surface area (Å²) in [7, 11) is 0.